The Morgan fingerprint density at radius 3 is 2.14 bits per heavy atom. The molecule has 0 aliphatic heterocycles. The molecule has 0 saturated heterocycles. The van der Waals surface area contributed by atoms with Gasteiger partial charge in [0, 0.05) is 17.8 Å². The van der Waals surface area contributed by atoms with E-state index in [1.807, 2.05) is 0 Å². The first kappa shape index (κ1) is 13.8. The van der Waals surface area contributed by atoms with Gasteiger partial charge in [-0.3, -0.25) is 4.79 Å². The fraction of sp³-hybridized carbons (Fsp3) is 0.900. The van der Waals surface area contributed by atoms with E-state index in [-0.39, 0.29) is 4.75 Å². The van der Waals surface area contributed by atoms with Gasteiger partial charge in [0.2, 0.25) is 0 Å². The van der Waals surface area contributed by atoms with E-state index in [1.165, 1.54) is 0 Å². The van der Waals surface area contributed by atoms with Crippen LogP contribution in [0.5, 0.6) is 0 Å². The largest absolute Gasteiger partial charge is 0.481 e. The second-order valence-corrected chi connectivity index (χ2v) is 6.27. The number of carbonyl (C=O) groups is 1. The molecule has 0 heterocycles. The Morgan fingerprint density at radius 2 is 1.79 bits per heavy atom. The lowest BCUT2D eigenvalue weighted by atomic mass is 9.94. The van der Waals surface area contributed by atoms with Crippen LogP contribution in [-0.2, 0) is 4.79 Å². The van der Waals surface area contributed by atoms with Crippen LogP contribution in [0.15, 0.2) is 0 Å². The maximum Gasteiger partial charge on any atom is 0.310 e. The van der Waals surface area contributed by atoms with Crippen LogP contribution in [0, 0.1) is 5.41 Å². The van der Waals surface area contributed by atoms with E-state index >= 15 is 0 Å². The number of thioether (sulfide) groups is 1. The van der Waals surface area contributed by atoms with Gasteiger partial charge in [-0.15, -0.1) is 0 Å². The number of nitrogens with one attached hydrogen (secondary N) is 1. The van der Waals surface area contributed by atoms with Crippen molar-refractivity contribution in [2.24, 2.45) is 5.41 Å². The topological polar surface area (TPSA) is 49.3 Å². The standard InChI is InChI=1S/C10H21NO2S/c1-9(2,8(12)13)6-11-7-10(3,4)14-5/h11H,6-7H2,1-5H3,(H,12,13). The number of carboxylic acids is 1. The van der Waals surface area contributed by atoms with Gasteiger partial charge in [0.05, 0.1) is 5.41 Å². The average molecular weight is 219 g/mol. The fourth-order valence-electron chi connectivity index (χ4n) is 0.824. The summed E-state index contributed by atoms with van der Waals surface area (Å²) in [5, 5.41) is 12.1. The van der Waals surface area contributed by atoms with Crippen molar-refractivity contribution in [1.82, 2.24) is 5.32 Å². The van der Waals surface area contributed by atoms with Gasteiger partial charge in [0.1, 0.15) is 0 Å². The first-order chi connectivity index (χ1) is 6.21. The van der Waals surface area contributed by atoms with Gasteiger partial charge in [-0.1, -0.05) is 0 Å². The summed E-state index contributed by atoms with van der Waals surface area (Å²) < 4.78 is 0.161. The number of aliphatic carboxylic acids is 1. The molecule has 4 heteroatoms. The Hall–Kier alpha value is -0.220. The molecule has 0 radical (unpaired) electrons. The Labute approximate surface area is 90.7 Å². The predicted octanol–water partition coefficient (Wildman–Crippen LogP) is 1.83. The number of carboxylic acid groups (broad SMARTS) is 1. The van der Waals surface area contributed by atoms with Crippen molar-refractivity contribution in [3.05, 3.63) is 0 Å². The van der Waals surface area contributed by atoms with E-state index in [0.717, 1.165) is 6.54 Å². The van der Waals surface area contributed by atoms with Gasteiger partial charge in [-0.25, -0.2) is 0 Å². The molecule has 0 rings (SSSR count). The zero-order chi connectivity index (χ0) is 11.4. The maximum absolute atomic E-state index is 10.8. The summed E-state index contributed by atoms with van der Waals surface area (Å²) in [6.45, 7) is 9.07. The molecule has 0 unspecified atom stereocenters. The van der Waals surface area contributed by atoms with Crippen molar-refractivity contribution in [2.75, 3.05) is 19.3 Å². The van der Waals surface area contributed by atoms with E-state index in [4.69, 9.17) is 5.11 Å². The van der Waals surface area contributed by atoms with Crippen molar-refractivity contribution < 1.29 is 9.90 Å². The minimum absolute atomic E-state index is 0.161. The molecule has 0 bridgehead atoms. The molecule has 14 heavy (non-hydrogen) atoms. The molecule has 0 aromatic heterocycles. The van der Waals surface area contributed by atoms with Crippen LogP contribution in [0.1, 0.15) is 27.7 Å². The molecule has 0 aliphatic carbocycles. The summed E-state index contributed by atoms with van der Waals surface area (Å²) in [6.07, 6.45) is 2.06. The zero-order valence-corrected chi connectivity index (χ0v) is 10.5. The molecule has 84 valence electrons. The predicted molar refractivity (Wildman–Crippen MR) is 61.9 cm³/mol. The number of hydrogen-bond donors (Lipinski definition) is 2. The third kappa shape index (κ3) is 4.86. The highest BCUT2D eigenvalue weighted by molar-refractivity contribution is 7.99. The van der Waals surface area contributed by atoms with E-state index in [2.05, 4.69) is 25.4 Å². The molecule has 0 fully saturated rings. The molecular weight excluding hydrogens is 198 g/mol. The molecule has 0 aromatic carbocycles. The SMILES string of the molecule is CSC(C)(C)CNCC(C)(C)C(=O)O. The second-order valence-electron chi connectivity index (χ2n) is 4.76. The summed E-state index contributed by atoms with van der Waals surface area (Å²) in [6, 6.07) is 0. The highest BCUT2D eigenvalue weighted by Crippen LogP contribution is 2.20. The van der Waals surface area contributed by atoms with Crippen molar-refractivity contribution in [3.8, 4) is 0 Å². The quantitative estimate of drug-likeness (QED) is 0.715. The minimum atomic E-state index is -0.757. The first-order valence-electron chi connectivity index (χ1n) is 4.70. The molecule has 3 nitrogen and oxygen atoms in total. The fourth-order valence-corrected chi connectivity index (χ4v) is 1.07. The van der Waals surface area contributed by atoms with E-state index < -0.39 is 11.4 Å². The Kier molecular flexibility index (Phi) is 4.95. The van der Waals surface area contributed by atoms with Gasteiger partial charge < -0.3 is 10.4 Å². The van der Waals surface area contributed by atoms with Gasteiger partial charge in [-0.05, 0) is 34.0 Å². The molecule has 2 N–H and O–H groups in total. The smallest absolute Gasteiger partial charge is 0.310 e. The highest BCUT2D eigenvalue weighted by atomic mass is 32.2. The van der Waals surface area contributed by atoms with E-state index in [9.17, 15) is 4.79 Å². The van der Waals surface area contributed by atoms with Crippen molar-refractivity contribution in [3.63, 3.8) is 0 Å². The van der Waals surface area contributed by atoms with Crippen LogP contribution in [0.25, 0.3) is 0 Å². The summed E-state index contributed by atoms with van der Waals surface area (Å²) in [7, 11) is 0. The van der Waals surface area contributed by atoms with Crippen molar-refractivity contribution in [2.45, 2.75) is 32.4 Å². The molecule has 0 amide bonds. The van der Waals surface area contributed by atoms with E-state index in [1.54, 1.807) is 25.6 Å². The summed E-state index contributed by atoms with van der Waals surface area (Å²) >= 11 is 1.78. The minimum Gasteiger partial charge on any atom is -0.481 e. The Morgan fingerprint density at radius 1 is 1.29 bits per heavy atom. The first-order valence-corrected chi connectivity index (χ1v) is 5.93. The summed E-state index contributed by atoms with van der Waals surface area (Å²) in [4.78, 5) is 10.8. The third-order valence-corrected chi connectivity index (χ3v) is 3.50. The monoisotopic (exact) mass is 219 g/mol. The number of rotatable bonds is 6. The average Bonchev–Trinajstić information content (AvgIpc) is 2.03. The van der Waals surface area contributed by atoms with Crippen LogP contribution in [-0.4, -0.2) is 35.2 Å². The normalized spacial score (nSPS) is 12.9. The van der Waals surface area contributed by atoms with Gasteiger partial charge in [0.15, 0.2) is 0 Å². The lowest BCUT2D eigenvalue weighted by molar-refractivity contribution is -0.146. The van der Waals surface area contributed by atoms with Gasteiger partial charge in [0.25, 0.3) is 0 Å². The molecule has 0 saturated carbocycles. The molecule has 0 aliphatic rings. The van der Waals surface area contributed by atoms with E-state index in [0.29, 0.717) is 6.54 Å². The van der Waals surface area contributed by atoms with Gasteiger partial charge in [-0.2, -0.15) is 11.8 Å². The van der Waals surface area contributed by atoms with Crippen LogP contribution in [0.3, 0.4) is 0 Å². The van der Waals surface area contributed by atoms with Crippen molar-refractivity contribution >= 4 is 17.7 Å². The molecular formula is C10H21NO2S. The summed E-state index contributed by atoms with van der Waals surface area (Å²) in [5.74, 6) is -0.757. The number of hydrogen-bond acceptors (Lipinski definition) is 3. The Balaban J connectivity index is 3.91. The maximum atomic E-state index is 10.8. The highest BCUT2D eigenvalue weighted by Gasteiger charge is 2.27. The van der Waals surface area contributed by atoms with Gasteiger partial charge >= 0.3 is 5.97 Å². The van der Waals surface area contributed by atoms with Crippen LogP contribution >= 0.6 is 11.8 Å². The van der Waals surface area contributed by atoms with Crippen LogP contribution in [0.4, 0.5) is 0 Å². The zero-order valence-electron chi connectivity index (χ0n) is 9.68. The second kappa shape index (κ2) is 5.03. The molecule has 0 atom stereocenters. The van der Waals surface area contributed by atoms with Crippen molar-refractivity contribution in [1.29, 1.82) is 0 Å². The summed E-state index contributed by atoms with van der Waals surface area (Å²) in [5.41, 5.74) is -0.686. The molecule has 0 spiro atoms. The van der Waals surface area contributed by atoms with Crippen LogP contribution < -0.4 is 5.32 Å². The lowest BCUT2D eigenvalue weighted by Gasteiger charge is -2.26. The van der Waals surface area contributed by atoms with Crippen LogP contribution in [0.2, 0.25) is 0 Å². The molecule has 0 aromatic rings. The Bertz CT molecular complexity index is 202. The lowest BCUT2D eigenvalue weighted by Crippen LogP contribution is -2.41. The third-order valence-electron chi connectivity index (χ3n) is 2.25.